The summed E-state index contributed by atoms with van der Waals surface area (Å²) >= 11 is 0. The fourth-order valence-electron chi connectivity index (χ4n) is 2.45. The Morgan fingerprint density at radius 3 is 3.00 bits per heavy atom. The SMILES string of the molecule is CC(C)NC(=O)C1COCCN1c1ccc(F)cc1CO. The molecule has 1 heterocycles. The lowest BCUT2D eigenvalue weighted by atomic mass is 10.1. The van der Waals surface area contributed by atoms with E-state index in [2.05, 4.69) is 5.32 Å². The number of ether oxygens (including phenoxy) is 1. The van der Waals surface area contributed by atoms with Gasteiger partial charge in [-0.15, -0.1) is 0 Å². The van der Waals surface area contributed by atoms with E-state index in [0.717, 1.165) is 0 Å². The quantitative estimate of drug-likeness (QED) is 0.872. The lowest BCUT2D eigenvalue weighted by Gasteiger charge is -2.37. The largest absolute Gasteiger partial charge is 0.392 e. The van der Waals surface area contributed by atoms with Crippen molar-refractivity contribution < 1.29 is 19.0 Å². The zero-order valence-electron chi connectivity index (χ0n) is 12.3. The van der Waals surface area contributed by atoms with Gasteiger partial charge in [-0.2, -0.15) is 0 Å². The van der Waals surface area contributed by atoms with E-state index in [-0.39, 0.29) is 25.2 Å². The van der Waals surface area contributed by atoms with Gasteiger partial charge in [0.05, 0.1) is 19.8 Å². The van der Waals surface area contributed by atoms with Crippen molar-refractivity contribution in [3.05, 3.63) is 29.6 Å². The maximum atomic E-state index is 13.3. The van der Waals surface area contributed by atoms with Crippen molar-refractivity contribution >= 4 is 11.6 Å². The number of carbonyl (C=O) groups excluding carboxylic acids is 1. The van der Waals surface area contributed by atoms with E-state index < -0.39 is 11.9 Å². The van der Waals surface area contributed by atoms with E-state index in [1.165, 1.54) is 12.1 Å². The van der Waals surface area contributed by atoms with Gasteiger partial charge in [0.1, 0.15) is 11.9 Å². The van der Waals surface area contributed by atoms with E-state index >= 15 is 0 Å². The van der Waals surface area contributed by atoms with Gasteiger partial charge in [-0.3, -0.25) is 4.79 Å². The molecule has 0 aliphatic carbocycles. The second kappa shape index (κ2) is 6.87. The molecule has 0 saturated carbocycles. The molecule has 2 rings (SSSR count). The monoisotopic (exact) mass is 296 g/mol. The van der Waals surface area contributed by atoms with E-state index in [9.17, 15) is 14.3 Å². The number of hydrogen-bond donors (Lipinski definition) is 2. The average Bonchev–Trinajstić information content (AvgIpc) is 2.46. The summed E-state index contributed by atoms with van der Waals surface area (Å²) in [7, 11) is 0. The standard InChI is InChI=1S/C15H21FN2O3/c1-10(2)17-15(20)14-9-21-6-5-18(14)13-4-3-12(16)7-11(13)8-19/h3-4,7,10,14,19H,5-6,8-9H2,1-2H3,(H,17,20). The van der Waals surface area contributed by atoms with Gasteiger partial charge in [-0.05, 0) is 32.0 Å². The van der Waals surface area contributed by atoms with Crippen molar-refractivity contribution in [3.8, 4) is 0 Å². The predicted octanol–water partition coefficient (Wildman–Crippen LogP) is 1.05. The molecule has 0 bridgehead atoms. The third kappa shape index (κ3) is 3.71. The minimum atomic E-state index is -0.475. The molecule has 1 saturated heterocycles. The fraction of sp³-hybridized carbons (Fsp3) is 0.533. The second-order valence-corrected chi connectivity index (χ2v) is 5.38. The molecule has 1 aromatic rings. The van der Waals surface area contributed by atoms with Gasteiger partial charge >= 0.3 is 0 Å². The van der Waals surface area contributed by atoms with Crippen LogP contribution in [-0.2, 0) is 16.1 Å². The van der Waals surface area contributed by atoms with Crippen LogP contribution in [0.3, 0.4) is 0 Å². The van der Waals surface area contributed by atoms with Gasteiger partial charge in [0.15, 0.2) is 0 Å². The highest BCUT2D eigenvalue weighted by Gasteiger charge is 2.31. The van der Waals surface area contributed by atoms with Crippen LogP contribution < -0.4 is 10.2 Å². The van der Waals surface area contributed by atoms with Crippen LogP contribution in [0, 0.1) is 5.82 Å². The molecule has 6 heteroatoms. The van der Waals surface area contributed by atoms with Crippen LogP contribution in [-0.4, -0.2) is 42.9 Å². The molecule has 2 N–H and O–H groups in total. The number of rotatable bonds is 4. The maximum Gasteiger partial charge on any atom is 0.245 e. The Morgan fingerprint density at radius 2 is 2.33 bits per heavy atom. The van der Waals surface area contributed by atoms with Crippen molar-refractivity contribution in [1.29, 1.82) is 0 Å². The first-order chi connectivity index (χ1) is 10.0. The molecule has 0 spiro atoms. The third-order valence-corrected chi connectivity index (χ3v) is 3.38. The van der Waals surface area contributed by atoms with E-state index in [4.69, 9.17) is 4.74 Å². The van der Waals surface area contributed by atoms with Crippen molar-refractivity contribution in [1.82, 2.24) is 5.32 Å². The lowest BCUT2D eigenvalue weighted by Crippen LogP contribution is -2.55. The Kier molecular flexibility index (Phi) is 5.14. The van der Waals surface area contributed by atoms with Gasteiger partial charge in [0.2, 0.25) is 5.91 Å². The number of amides is 1. The van der Waals surface area contributed by atoms with E-state index in [1.807, 2.05) is 18.7 Å². The molecule has 1 fully saturated rings. The van der Waals surface area contributed by atoms with Crippen LogP contribution in [0.5, 0.6) is 0 Å². The molecule has 116 valence electrons. The Morgan fingerprint density at radius 1 is 1.57 bits per heavy atom. The van der Waals surface area contributed by atoms with Crippen LogP contribution in [0.1, 0.15) is 19.4 Å². The molecule has 0 radical (unpaired) electrons. The highest BCUT2D eigenvalue weighted by molar-refractivity contribution is 5.86. The first-order valence-corrected chi connectivity index (χ1v) is 7.07. The number of anilines is 1. The summed E-state index contributed by atoms with van der Waals surface area (Å²) in [6.07, 6.45) is 0. The molecule has 1 unspecified atom stereocenters. The minimum Gasteiger partial charge on any atom is -0.392 e. The first-order valence-electron chi connectivity index (χ1n) is 7.07. The summed E-state index contributed by atoms with van der Waals surface area (Å²) < 4.78 is 18.7. The Labute approximate surface area is 123 Å². The van der Waals surface area contributed by atoms with Crippen LogP contribution in [0.25, 0.3) is 0 Å². The van der Waals surface area contributed by atoms with Crippen LogP contribution in [0.2, 0.25) is 0 Å². The number of nitrogens with zero attached hydrogens (tertiary/aromatic N) is 1. The lowest BCUT2D eigenvalue weighted by molar-refractivity contribution is -0.125. The van der Waals surface area contributed by atoms with Crippen molar-refractivity contribution in [2.45, 2.75) is 32.5 Å². The van der Waals surface area contributed by atoms with Crippen molar-refractivity contribution in [2.24, 2.45) is 0 Å². The van der Waals surface area contributed by atoms with Crippen molar-refractivity contribution in [3.63, 3.8) is 0 Å². The second-order valence-electron chi connectivity index (χ2n) is 5.38. The number of hydrogen-bond acceptors (Lipinski definition) is 4. The highest BCUT2D eigenvalue weighted by atomic mass is 19.1. The van der Waals surface area contributed by atoms with Crippen LogP contribution >= 0.6 is 0 Å². The minimum absolute atomic E-state index is 0.0341. The summed E-state index contributed by atoms with van der Waals surface area (Å²) in [5.74, 6) is -0.530. The average molecular weight is 296 g/mol. The smallest absolute Gasteiger partial charge is 0.245 e. The molecule has 1 aliphatic rings. The van der Waals surface area contributed by atoms with Crippen LogP contribution in [0.4, 0.5) is 10.1 Å². The van der Waals surface area contributed by atoms with Gasteiger partial charge in [0.25, 0.3) is 0 Å². The zero-order chi connectivity index (χ0) is 15.4. The normalized spacial score (nSPS) is 18.9. The Bertz CT molecular complexity index is 508. The van der Waals surface area contributed by atoms with E-state index in [0.29, 0.717) is 24.4 Å². The predicted molar refractivity (Wildman–Crippen MR) is 77.6 cm³/mol. The highest BCUT2D eigenvalue weighted by Crippen LogP contribution is 2.25. The Balaban J connectivity index is 2.28. The number of benzene rings is 1. The summed E-state index contributed by atoms with van der Waals surface area (Å²) in [6, 6.07) is 3.79. The molecule has 5 nitrogen and oxygen atoms in total. The molecular formula is C15H21FN2O3. The first kappa shape index (κ1) is 15.7. The number of carbonyl (C=O) groups is 1. The molecule has 21 heavy (non-hydrogen) atoms. The fourth-order valence-corrected chi connectivity index (χ4v) is 2.45. The molecule has 0 aromatic heterocycles. The molecule has 1 aromatic carbocycles. The van der Waals surface area contributed by atoms with Gasteiger partial charge in [0, 0.05) is 23.8 Å². The van der Waals surface area contributed by atoms with Crippen molar-refractivity contribution in [2.75, 3.05) is 24.7 Å². The zero-order valence-corrected chi connectivity index (χ0v) is 12.3. The summed E-state index contributed by atoms with van der Waals surface area (Å²) in [6.45, 7) is 4.80. The van der Waals surface area contributed by atoms with Gasteiger partial charge in [-0.1, -0.05) is 0 Å². The molecule has 1 amide bonds. The van der Waals surface area contributed by atoms with Gasteiger partial charge in [-0.25, -0.2) is 4.39 Å². The number of morpholine rings is 1. The maximum absolute atomic E-state index is 13.3. The number of halogens is 1. The number of nitrogens with one attached hydrogen (secondary N) is 1. The number of aliphatic hydroxyl groups excluding tert-OH is 1. The molecule has 1 aliphatic heterocycles. The van der Waals surface area contributed by atoms with Gasteiger partial charge < -0.3 is 20.1 Å². The molecular weight excluding hydrogens is 275 g/mol. The van der Waals surface area contributed by atoms with Crippen LogP contribution in [0.15, 0.2) is 18.2 Å². The number of aliphatic hydroxyl groups is 1. The van der Waals surface area contributed by atoms with E-state index in [1.54, 1.807) is 6.07 Å². The summed E-state index contributed by atoms with van der Waals surface area (Å²) in [4.78, 5) is 14.2. The summed E-state index contributed by atoms with van der Waals surface area (Å²) in [5.41, 5.74) is 1.14. The third-order valence-electron chi connectivity index (χ3n) is 3.38. The Hall–Kier alpha value is -1.66. The summed E-state index contributed by atoms with van der Waals surface area (Å²) in [5, 5.41) is 12.3. The molecule has 1 atom stereocenters. The topological polar surface area (TPSA) is 61.8 Å².